The van der Waals surface area contributed by atoms with Crippen molar-refractivity contribution in [2.75, 3.05) is 11.9 Å². The number of carbonyl (C=O) groups is 1. The van der Waals surface area contributed by atoms with Crippen molar-refractivity contribution in [3.63, 3.8) is 0 Å². The van der Waals surface area contributed by atoms with Crippen molar-refractivity contribution in [3.8, 4) is 0 Å². The maximum absolute atomic E-state index is 11.4. The van der Waals surface area contributed by atoms with Crippen LogP contribution in [0.5, 0.6) is 0 Å². The second-order valence-corrected chi connectivity index (χ2v) is 4.51. The monoisotopic (exact) mass is 241 g/mol. The van der Waals surface area contributed by atoms with Crippen LogP contribution >= 0.6 is 11.6 Å². The van der Waals surface area contributed by atoms with E-state index in [1.807, 2.05) is 26.8 Å². The molecule has 1 rings (SSSR count). The fraction of sp³-hybridized carbons (Fsp3) is 0.417. The summed E-state index contributed by atoms with van der Waals surface area (Å²) in [6.07, 6.45) is -0.445. The van der Waals surface area contributed by atoms with Gasteiger partial charge in [-0.2, -0.15) is 0 Å². The predicted molar refractivity (Wildman–Crippen MR) is 66.0 cm³/mol. The molecule has 0 saturated carbocycles. The number of aryl methyl sites for hydroxylation is 1. The molecule has 4 heteroatoms. The molecule has 0 atom stereocenters. The first-order valence-corrected chi connectivity index (χ1v) is 5.56. The minimum absolute atomic E-state index is 0.325. The molecule has 0 aliphatic carbocycles. The lowest BCUT2D eigenvalue weighted by Crippen LogP contribution is -2.17. The zero-order valence-electron chi connectivity index (χ0n) is 9.71. The molecule has 0 aliphatic heterocycles. The summed E-state index contributed by atoms with van der Waals surface area (Å²) in [5.41, 5.74) is 1.63. The summed E-state index contributed by atoms with van der Waals surface area (Å²) in [5, 5.41) is 3.25. The van der Waals surface area contributed by atoms with Gasteiger partial charge >= 0.3 is 6.09 Å². The number of amides is 1. The molecule has 0 aromatic heterocycles. The summed E-state index contributed by atoms with van der Waals surface area (Å²) in [6, 6.07) is 5.33. The summed E-state index contributed by atoms with van der Waals surface area (Å²) in [6.45, 7) is 6.27. The van der Waals surface area contributed by atoms with Crippen molar-refractivity contribution in [3.05, 3.63) is 28.8 Å². The molecule has 1 amide bonds. The van der Waals surface area contributed by atoms with Crippen LogP contribution in [0, 0.1) is 12.8 Å². The van der Waals surface area contributed by atoms with E-state index >= 15 is 0 Å². The molecule has 1 aromatic rings. The van der Waals surface area contributed by atoms with Crippen LogP contribution in [0.25, 0.3) is 0 Å². The molecule has 0 heterocycles. The number of anilines is 1. The third-order valence-corrected chi connectivity index (χ3v) is 2.22. The number of ether oxygens (including phenoxy) is 1. The van der Waals surface area contributed by atoms with E-state index in [9.17, 15) is 4.79 Å². The molecule has 0 aliphatic rings. The maximum atomic E-state index is 11.4. The number of carbonyl (C=O) groups excluding carboxylic acids is 1. The number of hydrogen-bond acceptors (Lipinski definition) is 2. The topological polar surface area (TPSA) is 38.3 Å². The van der Waals surface area contributed by atoms with Crippen LogP contribution in [-0.4, -0.2) is 12.7 Å². The van der Waals surface area contributed by atoms with Crippen molar-refractivity contribution >= 4 is 23.4 Å². The Kier molecular flexibility index (Phi) is 4.62. The molecule has 1 aromatic carbocycles. The van der Waals surface area contributed by atoms with E-state index in [0.717, 1.165) is 5.56 Å². The van der Waals surface area contributed by atoms with E-state index in [1.54, 1.807) is 12.1 Å². The fourth-order valence-electron chi connectivity index (χ4n) is 1.12. The fourth-order valence-corrected chi connectivity index (χ4v) is 1.29. The normalized spacial score (nSPS) is 10.3. The van der Waals surface area contributed by atoms with Crippen LogP contribution in [0.2, 0.25) is 5.02 Å². The van der Waals surface area contributed by atoms with E-state index in [1.165, 1.54) is 0 Å². The van der Waals surface area contributed by atoms with E-state index in [-0.39, 0.29) is 0 Å². The Morgan fingerprint density at radius 1 is 1.50 bits per heavy atom. The highest BCUT2D eigenvalue weighted by Gasteiger charge is 2.06. The summed E-state index contributed by atoms with van der Waals surface area (Å²) < 4.78 is 5.01. The Labute approximate surface area is 101 Å². The molecule has 0 radical (unpaired) electrons. The Balaban J connectivity index is 2.59. The van der Waals surface area contributed by atoms with E-state index in [2.05, 4.69) is 5.32 Å². The van der Waals surface area contributed by atoms with Gasteiger partial charge in [-0.05, 0) is 30.5 Å². The smallest absolute Gasteiger partial charge is 0.411 e. The molecule has 0 saturated heterocycles. The molecule has 0 unspecified atom stereocenters. The number of nitrogens with one attached hydrogen (secondary N) is 1. The molecule has 0 bridgehead atoms. The minimum Gasteiger partial charge on any atom is -0.449 e. The highest BCUT2D eigenvalue weighted by atomic mass is 35.5. The summed E-state index contributed by atoms with van der Waals surface area (Å²) in [4.78, 5) is 11.4. The van der Waals surface area contributed by atoms with E-state index < -0.39 is 6.09 Å². The van der Waals surface area contributed by atoms with Crippen LogP contribution < -0.4 is 5.32 Å². The van der Waals surface area contributed by atoms with Gasteiger partial charge in [-0.15, -0.1) is 0 Å². The largest absolute Gasteiger partial charge is 0.449 e. The van der Waals surface area contributed by atoms with Crippen molar-refractivity contribution in [2.24, 2.45) is 5.92 Å². The van der Waals surface area contributed by atoms with Crippen LogP contribution in [-0.2, 0) is 4.74 Å². The van der Waals surface area contributed by atoms with Gasteiger partial charge < -0.3 is 4.74 Å². The van der Waals surface area contributed by atoms with Gasteiger partial charge in [0.15, 0.2) is 0 Å². The van der Waals surface area contributed by atoms with E-state index in [0.29, 0.717) is 23.2 Å². The molecule has 0 fully saturated rings. The SMILES string of the molecule is Cc1ccc(Cl)cc1NC(=O)OCC(C)C. The van der Waals surface area contributed by atoms with Crippen molar-refractivity contribution in [1.29, 1.82) is 0 Å². The Hall–Kier alpha value is -1.22. The zero-order valence-corrected chi connectivity index (χ0v) is 10.5. The Bertz CT molecular complexity index is 377. The summed E-state index contributed by atoms with van der Waals surface area (Å²) in [7, 11) is 0. The van der Waals surface area contributed by atoms with Crippen LogP contribution in [0.3, 0.4) is 0 Å². The van der Waals surface area contributed by atoms with Crippen LogP contribution in [0.1, 0.15) is 19.4 Å². The number of rotatable bonds is 3. The molecule has 3 nitrogen and oxygen atoms in total. The average Bonchev–Trinajstić information content (AvgIpc) is 2.20. The van der Waals surface area contributed by atoms with Gasteiger partial charge in [0.25, 0.3) is 0 Å². The molecule has 88 valence electrons. The van der Waals surface area contributed by atoms with Crippen molar-refractivity contribution in [1.82, 2.24) is 0 Å². The lowest BCUT2D eigenvalue weighted by molar-refractivity contribution is 0.147. The van der Waals surface area contributed by atoms with Gasteiger partial charge in [0, 0.05) is 10.7 Å². The number of hydrogen-bond donors (Lipinski definition) is 1. The molecule has 16 heavy (non-hydrogen) atoms. The molecular weight excluding hydrogens is 226 g/mol. The first-order chi connectivity index (χ1) is 7.49. The predicted octanol–water partition coefficient (Wildman–Crippen LogP) is 3.85. The first-order valence-electron chi connectivity index (χ1n) is 5.19. The van der Waals surface area contributed by atoms with E-state index in [4.69, 9.17) is 16.3 Å². The van der Waals surface area contributed by atoms with Gasteiger partial charge in [-0.3, -0.25) is 5.32 Å². The molecule has 0 spiro atoms. The highest BCUT2D eigenvalue weighted by molar-refractivity contribution is 6.30. The third-order valence-electron chi connectivity index (χ3n) is 1.98. The second-order valence-electron chi connectivity index (χ2n) is 4.08. The molecule has 1 N–H and O–H groups in total. The Morgan fingerprint density at radius 3 is 2.81 bits per heavy atom. The van der Waals surface area contributed by atoms with Gasteiger partial charge in [-0.25, -0.2) is 4.79 Å². The number of benzene rings is 1. The average molecular weight is 242 g/mol. The lowest BCUT2D eigenvalue weighted by Gasteiger charge is -2.10. The maximum Gasteiger partial charge on any atom is 0.411 e. The first kappa shape index (κ1) is 12.8. The molecular formula is C12H16ClNO2. The third kappa shape index (κ3) is 4.11. The highest BCUT2D eigenvalue weighted by Crippen LogP contribution is 2.20. The Morgan fingerprint density at radius 2 is 2.19 bits per heavy atom. The zero-order chi connectivity index (χ0) is 12.1. The van der Waals surface area contributed by atoms with Gasteiger partial charge in [-0.1, -0.05) is 31.5 Å². The van der Waals surface area contributed by atoms with Crippen molar-refractivity contribution < 1.29 is 9.53 Å². The minimum atomic E-state index is -0.445. The summed E-state index contributed by atoms with van der Waals surface area (Å²) >= 11 is 5.84. The summed E-state index contributed by atoms with van der Waals surface area (Å²) in [5.74, 6) is 0.325. The standard InChI is InChI=1S/C12H16ClNO2/c1-8(2)7-16-12(15)14-11-6-10(13)5-4-9(11)3/h4-6,8H,7H2,1-3H3,(H,14,15). The quantitative estimate of drug-likeness (QED) is 0.873. The van der Waals surface area contributed by atoms with Crippen LogP contribution in [0.4, 0.5) is 10.5 Å². The van der Waals surface area contributed by atoms with Gasteiger partial charge in [0.05, 0.1) is 6.61 Å². The lowest BCUT2D eigenvalue weighted by atomic mass is 10.2. The van der Waals surface area contributed by atoms with Gasteiger partial charge in [0.2, 0.25) is 0 Å². The van der Waals surface area contributed by atoms with Crippen LogP contribution in [0.15, 0.2) is 18.2 Å². The number of halogens is 1. The second kappa shape index (κ2) is 5.75. The van der Waals surface area contributed by atoms with Crippen molar-refractivity contribution in [2.45, 2.75) is 20.8 Å². The van der Waals surface area contributed by atoms with Gasteiger partial charge in [0.1, 0.15) is 0 Å².